The third-order valence-electron chi connectivity index (χ3n) is 6.96. The number of rotatable bonds is 7. The maximum Gasteiger partial charge on any atom is 0.273 e. The number of aromatic nitrogens is 4. The van der Waals surface area contributed by atoms with Crippen LogP contribution in [0.1, 0.15) is 21.1 Å². The molecular formula is C30H26Cl2N6OS2. The Labute approximate surface area is 256 Å². The molecule has 0 spiro atoms. The molecule has 1 fully saturated rings. The predicted molar refractivity (Wildman–Crippen MR) is 168 cm³/mol. The first kappa shape index (κ1) is 27.8. The van der Waals surface area contributed by atoms with Gasteiger partial charge in [-0.25, -0.2) is 4.98 Å². The average Bonchev–Trinajstić information content (AvgIpc) is 3.64. The molecule has 3 aromatic carbocycles. The van der Waals surface area contributed by atoms with Crippen LogP contribution in [0.15, 0.2) is 83.3 Å². The first-order valence-corrected chi connectivity index (χ1v) is 15.7. The molecule has 0 atom stereocenters. The highest BCUT2D eigenvalue weighted by atomic mass is 35.5. The van der Waals surface area contributed by atoms with Crippen LogP contribution < -0.4 is 4.90 Å². The van der Waals surface area contributed by atoms with Crippen molar-refractivity contribution in [2.75, 3.05) is 31.1 Å². The molecule has 7 nitrogen and oxygen atoms in total. The van der Waals surface area contributed by atoms with Crippen molar-refractivity contribution in [3.05, 3.63) is 104 Å². The maximum absolute atomic E-state index is 13.2. The van der Waals surface area contributed by atoms with Crippen molar-refractivity contribution in [2.45, 2.75) is 17.8 Å². The van der Waals surface area contributed by atoms with E-state index in [9.17, 15) is 4.79 Å². The summed E-state index contributed by atoms with van der Waals surface area (Å²) in [5, 5.41) is 13.8. The molecule has 1 amide bonds. The van der Waals surface area contributed by atoms with Gasteiger partial charge in [-0.2, -0.15) is 0 Å². The van der Waals surface area contributed by atoms with Gasteiger partial charge in [-0.1, -0.05) is 77.4 Å². The summed E-state index contributed by atoms with van der Waals surface area (Å²) >= 11 is 15.9. The third kappa shape index (κ3) is 5.85. The van der Waals surface area contributed by atoms with Crippen LogP contribution in [0.3, 0.4) is 0 Å². The topological polar surface area (TPSA) is 67.2 Å². The van der Waals surface area contributed by atoms with Crippen molar-refractivity contribution in [1.29, 1.82) is 0 Å². The van der Waals surface area contributed by atoms with Crippen molar-refractivity contribution in [3.63, 3.8) is 0 Å². The van der Waals surface area contributed by atoms with Crippen LogP contribution in [0.5, 0.6) is 0 Å². The highest BCUT2D eigenvalue weighted by molar-refractivity contribution is 7.98. The lowest BCUT2D eigenvalue weighted by Crippen LogP contribution is -2.49. The number of carbonyl (C=O) groups excluding carboxylic acids is 1. The zero-order valence-corrected chi connectivity index (χ0v) is 25.3. The predicted octanol–water partition coefficient (Wildman–Crippen LogP) is 7.26. The summed E-state index contributed by atoms with van der Waals surface area (Å²) in [5.41, 5.74) is 4.38. The molecule has 0 unspecified atom stereocenters. The minimum atomic E-state index is -0.0413. The van der Waals surface area contributed by atoms with Gasteiger partial charge in [0.2, 0.25) is 0 Å². The smallest absolute Gasteiger partial charge is 0.273 e. The lowest BCUT2D eigenvalue weighted by molar-refractivity contribution is 0.0741. The number of piperazine rings is 1. The maximum atomic E-state index is 13.2. The molecule has 1 saturated heterocycles. The minimum absolute atomic E-state index is 0.0413. The fourth-order valence-electron chi connectivity index (χ4n) is 4.83. The van der Waals surface area contributed by atoms with Crippen LogP contribution in [0.25, 0.3) is 17.1 Å². The van der Waals surface area contributed by atoms with Gasteiger partial charge in [0.1, 0.15) is 10.7 Å². The summed E-state index contributed by atoms with van der Waals surface area (Å²) in [6.45, 7) is 4.76. The fourth-order valence-corrected chi connectivity index (χ4v) is 7.04. The molecule has 11 heteroatoms. The molecule has 5 aromatic rings. The molecule has 0 aliphatic carbocycles. The molecule has 6 rings (SSSR count). The van der Waals surface area contributed by atoms with Crippen LogP contribution in [0, 0.1) is 6.92 Å². The minimum Gasteiger partial charge on any atom is -0.367 e. The number of hydrogen-bond acceptors (Lipinski definition) is 7. The van der Waals surface area contributed by atoms with E-state index >= 15 is 0 Å². The lowest BCUT2D eigenvalue weighted by Gasteiger charge is -2.36. The van der Waals surface area contributed by atoms with Crippen LogP contribution in [-0.2, 0) is 5.75 Å². The standard InChI is InChI=1S/C30H26Cl2N6OS2/c1-20-8-2-6-12-25(20)38-28(21-9-3-4-10-22(21)31)34-35-30(38)41-19-27-33-24(18-40-27)29(39)37-16-14-36(15-17-37)26-13-7-5-11-23(26)32/h2-13,18H,14-17,19H2,1H3. The number of aryl methyl sites for hydroxylation is 1. The van der Waals surface area contributed by atoms with Gasteiger partial charge in [0.15, 0.2) is 11.0 Å². The van der Waals surface area contributed by atoms with E-state index in [1.54, 1.807) is 0 Å². The number of carbonyl (C=O) groups is 1. The Hall–Kier alpha value is -3.37. The third-order valence-corrected chi connectivity index (χ3v) is 9.58. The lowest BCUT2D eigenvalue weighted by atomic mass is 10.1. The van der Waals surface area contributed by atoms with Gasteiger partial charge in [0.25, 0.3) is 5.91 Å². The van der Waals surface area contributed by atoms with Gasteiger partial charge < -0.3 is 9.80 Å². The summed E-state index contributed by atoms with van der Waals surface area (Å²) < 4.78 is 2.04. The van der Waals surface area contributed by atoms with E-state index in [4.69, 9.17) is 23.2 Å². The van der Waals surface area contributed by atoms with Gasteiger partial charge in [-0.05, 0) is 42.8 Å². The van der Waals surface area contributed by atoms with E-state index in [1.165, 1.54) is 23.1 Å². The zero-order valence-electron chi connectivity index (χ0n) is 22.2. The molecule has 208 valence electrons. The Morgan fingerprint density at radius 3 is 2.29 bits per heavy atom. The Morgan fingerprint density at radius 1 is 0.878 bits per heavy atom. The Kier molecular flexibility index (Phi) is 8.30. The molecule has 1 aliphatic rings. The summed E-state index contributed by atoms with van der Waals surface area (Å²) in [7, 11) is 0. The number of thiazole rings is 1. The Morgan fingerprint density at radius 2 is 1.56 bits per heavy atom. The van der Waals surface area contributed by atoms with E-state index < -0.39 is 0 Å². The van der Waals surface area contributed by atoms with Gasteiger partial charge in [0.05, 0.1) is 27.2 Å². The molecule has 0 N–H and O–H groups in total. The van der Waals surface area contributed by atoms with E-state index in [0.29, 0.717) is 35.4 Å². The number of halogens is 2. The van der Waals surface area contributed by atoms with Crippen molar-refractivity contribution in [3.8, 4) is 17.1 Å². The van der Waals surface area contributed by atoms with Crippen molar-refractivity contribution in [2.24, 2.45) is 0 Å². The fraction of sp³-hybridized carbons (Fsp3) is 0.200. The van der Waals surface area contributed by atoms with Gasteiger partial charge >= 0.3 is 0 Å². The monoisotopic (exact) mass is 620 g/mol. The number of para-hydroxylation sites is 2. The van der Waals surface area contributed by atoms with Crippen LogP contribution in [0.2, 0.25) is 10.0 Å². The Bertz CT molecular complexity index is 1700. The summed E-state index contributed by atoms with van der Waals surface area (Å²) in [6.07, 6.45) is 0. The normalized spacial score (nSPS) is 13.5. The molecule has 0 radical (unpaired) electrons. The van der Waals surface area contributed by atoms with E-state index in [0.717, 1.165) is 50.8 Å². The molecular weight excluding hydrogens is 595 g/mol. The molecule has 3 heterocycles. The van der Waals surface area contributed by atoms with Gasteiger partial charge in [0, 0.05) is 37.1 Å². The SMILES string of the molecule is Cc1ccccc1-n1c(SCc2nc(C(=O)N3CCN(c4ccccc4Cl)CC3)cs2)nnc1-c1ccccc1Cl. The second-order valence-electron chi connectivity index (χ2n) is 9.55. The summed E-state index contributed by atoms with van der Waals surface area (Å²) in [4.78, 5) is 22.0. The van der Waals surface area contributed by atoms with Gasteiger partial charge in [-0.15, -0.1) is 21.5 Å². The largest absolute Gasteiger partial charge is 0.367 e. The number of thioether (sulfide) groups is 1. The van der Waals surface area contributed by atoms with Gasteiger partial charge in [-0.3, -0.25) is 9.36 Å². The average molecular weight is 622 g/mol. The Balaban J connectivity index is 1.16. The number of nitrogens with zero attached hydrogens (tertiary/aromatic N) is 6. The second kappa shape index (κ2) is 12.2. The van der Waals surface area contributed by atoms with Crippen molar-refractivity contribution < 1.29 is 4.79 Å². The van der Waals surface area contributed by atoms with Crippen LogP contribution in [-0.4, -0.2) is 56.7 Å². The number of benzene rings is 3. The van der Waals surface area contributed by atoms with Crippen molar-refractivity contribution >= 4 is 57.9 Å². The molecule has 2 aromatic heterocycles. The van der Waals surface area contributed by atoms with Crippen molar-refractivity contribution in [1.82, 2.24) is 24.6 Å². The highest BCUT2D eigenvalue weighted by Gasteiger charge is 2.25. The second-order valence-corrected chi connectivity index (χ2v) is 12.3. The van der Waals surface area contributed by atoms with E-state index in [2.05, 4.69) is 39.1 Å². The highest BCUT2D eigenvalue weighted by Crippen LogP contribution is 2.34. The number of amides is 1. The van der Waals surface area contributed by atoms with E-state index in [-0.39, 0.29) is 5.91 Å². The number of anilines is 1. The molecule has 0 bridgehead atoms. The van der Waals surface area contributed by atoms with Crippen LogP contribution in [0.4, 0.5) is 5.69 Å². The first-order chi connectivity index (χ1) is 20.0. The summed E-state index contributed by atoms with van der Waals surface area (Å²) in [6, 6.07) is 23.6. The number of hydrogen-bond donors (Lipinski definition) is 0. The van der Waals surface area contributed by atoms with Crippen LogP contribution >= 0.6 is 46.3 Å². The quantitative estimate of drug-likeness (QED) is 0.178. The molecule has 0 saturated carbocycles. The molecule has 41 heavy (non-hydrogen) atoms. The first-order valence-electron chi connectivity index (χ1n) is 13.1. The summed E-state index contributed by atoms with van der Waals surface area (Å²) in [5.74, 6) is 1.20. The van der Waals surface area contributed by atoms with E-state index in [1.807, 2.05) is 75.5 Å². The zero-order chi connectivity index (χ0) is 28.3. The molecule has 1 aliphatic heterocycles.